The molecule has 136 valence electrons. The highest BCUT2D eigenvalue weighted by atomic mass is 127. The molecule has 0 aromatic heterocycles. The molecule has 0 saturated carbocycles. The summed E-state index contributed by atoms with van der Waals surface area (Å²) < 4.78 is 5.82. The maximum Gasteiger partial charge on any atom is 0.328 e. The maximum absolute atomic E-state index is 12.7. The molecule has 0 unspecified atom stereocenters. The molecule has 0 aliphatic rings. The van der Waals surface area contributed by atoms with Crippen LogP contribution in [0.15, 0.2) is 48.5 Å². The molecule has 0 saturated heterocycles. The normalized spacial score (nSPS) is 11.3. The fourth-order valence-electron chi connectivity index (χ4n) is 2.44. The topological polar surface area (TPSA) is 84.5 Å². The summed E-state index contributed by atoms with van der Waals surface area (Å²) in [7, 11) is 1.28. The van der Waals surface area contributed by atoms with E-state index in [4.69, 9.17) is 4.74 Å². The predicted molar refractivity (Wildman–Crippen MR) is 107 cm³/mol. The summed E-state index contributed by atoms with van der Waals surface area (Å²) in [5, 5.41) is 5.32. The van der Waals surface area contributed by atoms with Gasteiger partial charge in [0.05, 0.1) is 18.4 Å². The number of hydrogen-bond donors (Lipinski definition) is 2. The van der Waals surface area contributed by atoms with Crippen molar-refractivity contribution >= 4 is 46.1 Å². The summed E-state index contributed by atoms with van der Waals surface area (Å²) in [4.78, 5) is 36.2. The number of halogens is 1. The van der Waals surface area contributed by atoms with Gasteiger partial charge in [0.2, 0.25) is 5.91 Å². The molecule has 0 radical (unpaired) electrons. The molecule has 2 N–H and O–H groups in total. The van der Waals surface area contributed by atoms with Crippen LogP contribution in [0.4, 0.5) is 5.69 Å². The minimum Gasteiger partial charge on any atom is -0.467 e. The first kappa shape index (κ1) is 19.9. The van der Waals surface area contributed by atoms with Crippen molar-refractivity contribution in [3.63, 3.8) is 0 Å². The number of nitrogens with one attached hydrogen (secondary N) is 2. The first-order chi connectivity index (χ1) is 12.4. The minimum absolute atomic E-state index is 0.277. The van der Waals surface area contributed by atoms with Gasteiger partial charge in [0, 0.05) is 16.9 Å². The Morgan fingerprint density at radius 1 is 1.08 bits per heavy atom. The van der Waals surface area contributed by atoms with Gasteiger partial charge in [0.1, 0.15) is 6.04 Å². The smallest absolute Gasteiger partial charge is 0.328 e. The van der Waals surface area contributed by atoms with Crippen LogP contribution in [0.3, 0.4) is 0 Å². The summed E-state index contributed by atoms with van der Waals surface area (Å²) in [6.45, 7) is 1.36. The molecule has 1 atom stereocenters. The van der Waals surface area contributed by atoms with Gasteiger partial charge in [-0.15, -0.1) is 0 Å². The van der Waals surface area contributed by atoms with E-state index in [1.54, 1.807) is 24.3 Å². The molecule has 2 aromatic carbocycles. The van der Waals surface area contributed by atoms with Crippen molar-refractivity contribution in [1.82, 2.24) is 5.32 Å². The number of anilines is 1. The van der Waals surface area contributed by atoms with Crippen molar-refractivity contribution in [3.8, 4) is 0 Å². The second kappa shape index (κ2) is 9.33. The molecular formula is C19H19IN2O4. The molecule has 0 fully saturated rings. The fourth-order valence-corrected chi connectivity index (χ4v) is 3.04. The van der Waals surface area contributed by atoms with E-state index in [0.717, 1.165) is 9.13 Å². The van der Waals surface area contributed by atoms with Crippen LogP contribution in [-0.2, 0) is 20.7 Å². The second-order valence-corrected chi connectivity index (χ2v) is 6.73. The Labute approximate surface area is 165 Å². The lowest BCUT2D eigenvalue weighted by Gasteiger charge is -2.18. The molecule has 0 aliphatic heterocycles. The Morgan fingerprint density at radius 2 is 1.73 bits per heavy atom. The van der Waals surface area contributed by atoms with Gasteiger partial charge in [-0.1, -0.05) is 30.3 Å². The van der Waals surface area contributed by atoms with E-state index in [0.29, 0.717) is 12.1 Å². The summed E-state index contributed by atoms with van der Waals surface area (Å²) in [5.41, 5.74) is 1.59. The number of carbonyl (C=O) groups excluding carboxylic acids is 3. The minimum atomic E-state index is -0.839. The molecule has 2 aromatic rings. The Morgan fingerprint density at radius 3 is 2.38 bits per heavy atom. The molecule has 0 heterocycles. The van der Waals surface area contributed by atoms with Crippen molar-refractivity contribution in [2.24, 2.45) is 0 Å². The van der Waals surface area contributed by atoms with Gasteiger partial charge >= 0.3 is 5.97 Å². The van der Waals surface area contributed by atoms with Crippen molar-refractivity contribution in [1.29, 1.82) is 0 Å². The van der Waals surface area contributed by atoms with Crippen molar-refractivity contribution in [2.75, 3.05) is 12.4 Å². The Balaban J connectivity index is 2.23. The molecule has 0 bridgehead atoms. The van der Waals surface area contributed by atoms with Gasteiger partial charge in [-0.25, -0.2) is 4.79 Å². The van der Waals surface area contributed by atoms with Gasteiger partial charge in [0.15, 0.2) is 0 Å². The van der Waals surface area contributed by atoms with Crippen molar-refractivity contribution in [3.05, 3.63) is 63.2 Å². The molecule has 0 aliphatic carbocycles. The number of benzene rings is 2. The zero-order chi connectivity index (χ0) is 19.1. The Bertz CT molecular complexity index is 823. The third kappa shape index (κ3) is 5.29. The van der Waals surface area contributed by atoms with Gasteiger partial charge in [-0.3, -0.25) is 9.59 Å². The van der Waals surface area contributed by atoms with E-state index in [1.165, 1.54) is 14.0 Å². The lowest BCUT2D eigenvalue weighted by atomic mass is 10.0. The summed E-state index contributed by atoms with van der Waals surface area (Å²) in [5.74, 6) is -1.28. The molecule has 0 spiro atoms. The average Bonchev–Trinajstić information content (AvgIpc) is 2.62. The fraction of sp³-hybridized carbons (Fsp3) is 0.211. The maximum atomic E-state index is 12.7. The molecular weight excluding hydrogens is 447 g/mol. The lowest BCUT2D eigenvalue weighted by molar-refractivity contribution is -0.142. The van der Waals surface area contributed by atoms with E-state index in [2.05, 4.69) is 33.2 Å². The highest BCUT2D eigenvalue weighted by Gasteiger charge is 2.24. The largest absolute Gasteiger partial charge is 0.467 e. The lowest BCUT2D eigenvalue weighted by Crippen LogP contribution is -2.43. The van der Waals surface area contributed by atoms with Crippen molar-refractivity contribution in [2.45, 2.75) is 19.4 Å². The van der Waals surface area contributed by atoms with Crippen LogP contribution in [0.2, 0.25) is 0 Å². The van der Waals surface area contributed by atoms with Crippen LogP contribution in [0.1, 0.15) is 22.8 Å². The highest BCUT2D eigenvalue weighted by Crippen LogP contribution is 2.17. The molecule has 7 heteroatoms. The molecule has 6 nitrogen and oxygen atoms in total. The van der Waals surface area contributed by atoms with Gasteiger partial charge < -0.3 is 15.4 Å². The van der Waals surface area contributed by atoms with Gasteiger partial charge in [-0.05, 0) is 46.4 Å². The number of hydrogen-bond acceptors (Lipinski definition) is 4. The Kier molecular flexibility index (Phi) is 7.14. The van der Waals surface area contributed by atoms with Crippen LogP contribution in [0.5, 0.6) is 0 Å². The van der Waals surface area contributed by atoms with E-state index in [-0.39, 0.29) is 11.5 Å². The second-order valence-electron chi connectivity index (χ2n) is 5.57. The van der Waals surface area contributed by atoms with E-state index in [1.807, 2.05) is 24.3 Å². The van der Waals surface area contributed by atoms with Crippen LogP contribution in [-0.4, -0.2) is 30.9 Å². The Hall–Kier alpha value is -2.42. The van der Waals surface area contributed by atoms with Crippen LogP contribution < -0.4 is 10.6 Å². The van der Waals surface area contributed by atoms with Gasteiger partial charge in [0.25, 0.3) is 5.91 Å². The molecule has 26 heavy (non-hydrogen) atoms. The number of para-hydroxylation sites is 1. The summed E-state index contributed by atoms with van der Waals surface area (Å²) in [6.07, 6.45) is 0.305. The van der Waals surface area contributed by atoms with Crippen LogP contribution in [0.25, 0.3) is 0 Å². The first-order valence-electron chi connectivity index (χ1n) is 7.91. The quantitative estimate of drug-likeness (QED) is 0.507. The summed E-state index contributed by atoms with van der Waals surface area (Å²) >= 11 is 2.18. The van der Waals surface area contributed by atoms with E-state index in [9.17, 15) is 14.4 Å². The van der Waals surface area contributed by atoms with Crippen LogP contribution >= 0.6 is 22.6 Å². The third-order valence-corrected chi connectivity index (χ3v) is 4.71. The number of methoxy groups -OCH3 is 1. The zero-order valence-corrected chi connectivity index (χ0v) is 16.6. The van der Waals surface area contributed by atoms with E-state index < -0.39 is 17.9 Å². The number of ether oxygens (including phenoxy) is 1. The number of rotatable bonds is 6. The SMILES string of the molecule is COC(=O)[C@@H](Cc1ccccc1I)NC(=O)c1ccccc1NC(C)=O. The number of carbonyl (C=O) groups is 3. The molecule has 2 rings (SSSR count). The predicted octanol–water partition coefficient (Wildman–Crippen LogP) is 2.76. The molecule has 2 amide bonds. The number of amides is 2. The highest BCUT2D eigenvalue weighted by molar-refractivity contribution is 14.1. The number of esters is 1. The third-order valence-electron chi connectivity index (χ3n) is 3.66. The average molecular weight is 466 g/mol. The zero-order valence-electron chi connectivity index (χ0n) is 14.4. The summed E-state index contributed by atoms with van der Waals surface area (Å²) in [6, 6.07) is 13.4. The van der Waals surface area contributed by atoms with E-state index >= 15 is 0 Å². The van der Waals surface area contributed by atoms with Crippen molar-refractivity contribution < 1.29 is 19.1 Å². The monoisotopic (exact) mass is 466 g/mol. The standard InChI is InChI=1S/C19H19IN2O4/c1-12(23)21-16-10-6-4-8-14(16)18(24)22-17(19(25)26-2)11-13-7-3-5-9-15(13)20/h3-10,17H,11H2,1-2H3,(H,21,23)(H,22,24)/t17-/m1/s1. The van der Waals surface area contributed by atoms with Crippen LogP contribution in [0, 0.1) is 3.57 Å². The van der Waals surface area contributed by atoms with Gasteiger partial charge in [-0.2, -0.15) is 0 Å². The first-order valence-corrected chi connectivity index (χ1v) is 8.99.